The highest BCUT2D eigenvalue weighted by molar-refractivity contribution is 7.80. The molecule has 0 bridgehead atoms. The maximum absolute atomic E-state index is 13.4. The molecule has 0 saturated carbocycles. The lowest BCUT2D eigenvalue weighted by Crippen LogP contribution is -2.12. The number of hydrogen-bond donors (Lipinski definition) is 1. The summed E-state index contributed by atoms with van der Waals surface area (Å²) in [5.41, 5.74) is 6.86. The van der Waals surface area contributed by atoms with Crippen LogP contribution in [0, 0.1) is 18.6 Å². The minimum Gasteiger partial charge on any atom is -0.489 e. The van der Waals surface area contributed by atoms with Crippen LogP contribution in [-0.4, -0.2) is 4.99 Å². The first-order chi connectivity index (χ1) is 9.47. The Morgan fingerprint density at radius 1 is 1.15 bits per heavy atom. The van der Waals surface area contributed by atoms with Gasteiger partial charge in [0.05, 0.1) is 0 Å². The van der Waals surface area contributed by atoms with Crippen molar-refractivity contribution in [1.29, 1.82) is 0 Å². The first-order valence-corrected chi connectivity index (χ1v) is 6.35. The number of aryl methyl sites for hydroxylation is 1. The van der Waals surface area contributed by atoms with Crippen molar-refractivity contribution in [3.8, 4) is 5.75 Å². The van der Waals surface area contributed by atoms with E-state index in [0.29, 0.717) is 16.9 Å². The van der Waals surface area contributed by atoms with Gasteiger partial charge in [0.15, 0.2) is 0 Å². The fourth-order valence-corrected chi connectivity index (χ4v) is 1.84. The Labute approximate surface area is 121 Å². The van der Waals surface area contributed by atoms with Crippen molar-refractivity contribution in [2.24, 2.45) is 5.73 Å². The van der Waals surface area contributed by atoms with Gasteiger partial charge in [0.2, 0.25) is 0 Å². The van der Waals surface area contributed by atoms with Crippen molar-refractivity contribution in [1.82, 2.24) is 0 Å². The number of ether oxygens (including phenoxy) is 1. The summed E-state index contributed by atoms with van der Waals surface area (Å²) in [5.74, 6) is -0.387. The van der Waals surface area contributed by atoms with Gasteiger partial charge in [-0.1, -0.05) is 24.4 Å². The molecule has 0 aromatic heterocycles. The topological polar surface area (TPSA) is 35.2 Å². The van der Waals surface area contributed by atoms with E-state index in [4.69, 9.17) is 22.7 Å². The van der Waals surface area contributed by atoms with Crippen LogP contribution < -0.4 is 10.5 Å². The second-order valence-corrected chi connectivity index (χ2v) is 4.82. The maximum Gasteiger partial charge on any atom is 0.133 e. The van der Waals surface area contributed by atoms with Crippen molar-refractivity contribution < 1.29 is 13.5 Å². The molecule has 104 valence electrons. The molecule has 0 aliphatic rings. The third-order valence-corrected chi connectivity index (χ3v) is 3.06. The van der Waals surface area contributed by atoms with Crippen LogP contribution in [0.25, 0.3) is 0 Å². The number of rotatable bonds is 4. The zero-order chi connectivity index (χ0) is 14.7. The standard InChI is InChI=1S/C15H13F2NOS/c1-9-2-4-11(7-14(9)17)19-8-10-3-5-13(16)12(6-10)15(18)20/h2-7H,8H2,1H3,(H2,18,20). The van der Waals surface area contributed by atoms with Gasteiger partial charge in [0, 0.05) is 11.6 Å². The lowest BCUT2D eigenvalue weighted by molar-refractivity contribution is 0.304. The second kappa shape index (κ2) is 5.96. The molecule has 0 aliphatic carbocycles. The van der Waals surface area contributed by atoms with E-state index < -0.39 is 5.82 Å². The Kier molecular flexibility index (Phi) is 4.29. The lowest BCUT2D eigenvalue weighted by Gasteiger charge is -2.09. The van der Waals surface area contributed by atoms with Crippen LogP contribution in [0.1, 0.15) is 16.7 Å². The van der Waals surface area contributed by atoms with Gasteiger partial charge in [0.1, 0.15) is 29.0 Å². The molecule has 2 N–H and O–H groups in total. The van der Waals surface area contributed by atoms with Gasteiger partial charge < -0.3 is 10.5 Å². The summed E-state index contributed by atoms with van der Waals surface area (Å²) in [6, 6.07) is 9.01. The van der Waals surface area contributed by atoms with Gasteiger partial charge >= 0.3 is 0 Å². The molecule has 20 heavy (non-hydrogen) atoms. The average molecular weight is 293 g/mol. The Morgan fingerprint density at radius 3 is 2.55 bits per heavy atom. The van der Waals surface area contributed by atoms with E-state index >= 15 is 0 Å². The number of hydrogen-bond acceptors (Lipinski definition) is 2. The van der Waals surface area contributed by atoms with Gasteiger partial charge in [0.25, 0.3) is 0 Å². The summed E-state index contributed by atoms with van der Waals surface area (Å²) in [6.07, 6.45) is 0. The average Bonchev–Trinajstić information content (AvgIpc) is 2.41. The molecule has 2 nitrogen and oxygen atoms in total. The molecule has 0 atom stereocenters. The van der Waals surface area contributed by atoms with Crippen molar-refractivity contribution in [3.63, 3.8) is 0 Å². The smallest absolute Gasteiger partial charge is 0.133 e. The molecule has 0 spiro atoms. The summed E-state index contributed by atoms with van der Waals surface area (Å²) in [7, 11) is 0. The van der Waals surface area contributed by atoms with Gasteiger partial charge in [-0.2, -0.15) is 0 Å². The quantitative estimate of drug-likeness (QED) is 0.877. The molecule has 0 unspecified atom stereocenters. The number of nitrogens with two attached hydrogens (primary N) is 1. The van der Waals surface area contributed by atoms with Crippen LogP contribution in [0.2, 0.25) is 0 Å². The highest BCUT2D eigenvalue weighted by Gasteiger charge is 2.07. The zero-order valence-corrected chi connectivity index (χ0v) is 11.6. The SMILES string of the molecule is Cc1ccc(OCc2ccc(F)c(C(N)=S)c2)cc1F. The van der Waals surface area contributed by atoms with E-state index in [1.54, 1.807) is 25.1 Å². The van der Waals surface area contributed by atoms with E-state index in [2.05, 4.69) is 0 Å². The molecule has 0 saturated heterocycles. The molecular weight excluding hydrogens is 280 g/mol. The van der Waals surface area contributed by atoms with Crippen LogP contribution >= 0.6 is 12.2 Å². The summed E-state index contributed by atoms with van der Waals surface area (Å²) in [6.45, 7) is 1.85. The Morgan fingerprint density at radius 2 is 1.90 bits per heavy atom. The third kappa shape index (κ3) is 3.30. The summed E-state index contributed by atoms with van der Waals surface area (Å²) < 4.78 is 32.2. The van der Waals surface area contributed by atoms with E-state index in [9.17, 15) is 8.78 Å². The van der Waals surface area contributed by atoms with Gasteiger partial charge in [-0.25, -0.2) is 8.78 Å². The second-order valence-electron chi connectivity index (χ2n) is 4.38. The van der Waals surface area contributed by atoms with Crippen molar-refractivity contribution in [2.45, 2.75) is 13.5 Å². The van der Waals surface area contributed by atoms with E-state index in [-0.39, 0.29) is 23.0 Å². The van der Waals surface area contributed by atoms with Gasteiger partial charge in [-0.3, -0.25) is 0 Å². The molecule has 0 fully saturated rings. The highest BCUT2D eigenvalue weighted by Crippen LogP contribution is 2.18. The molecule has 5 heteroatoms. The lowest BCUT2D eigenvalue weighted by atomic mass is 10.1. The highest BCUT2D eigenvalue weighted by atomic mass is 32.1. The summed E-state index contributed by atoms with van der Waals surface area (Å²) in [4.78, 5) is -0.00858. The van der Waals surface area contributed by atoms with Crippen molar-refractivity contribution in [2.75, 3.05) is 0 Å². The summed E-state index contributed by atoms with van der Waals surface area (Å²) in [5, 5.41) is 0. The largest absolute Gasteiger partial charge is 0.489 e. The van der Waals surface area contributed by atoms with E-state index in [1.807, 2.05) is 0 Å². The van der Waals surface area contributed by atoms with Crippen LogP contribution in [0.15, 0.2) is 36.4 Å². The number of benzene rings is 2. The van der Waals surface area contributed by atoms with Crippen molar-refractivity contribution in [3.05, 3.63) is 64.7 Å². The van der Waals surface area contributed by atoms with Gasteiger partial charge in [-0.15, -0.1) is 0 Å². The molecule has 2 aromatic rings. The third-order valence-electron chi connectivity index (χ3n) is 2.85. The Hall–Kier alpha value is -2.01. The predicted molar refractivity (Wildman–Crippen MR) is 77.8 cm³/mol. The Bertz CT molecular complexity index is 658. The summed E-state index contributed by atoms with van der Waals surface area (Å²) >= 11 is 4.77. The first kappa shape index (κ1) is 14.4. The van der Waals surface area contributed by atoms with Crippen LogP contribution in [0.5, 0.6) is 5.75 Å². The molecule has 2 rings (SSSR count). The Balaban J connectivity index is 2.12. The fraction of sp³-hybridized carbons (Fsp3) is 0.133. The van der Waals surface area contributed by atoms with Crippen molar-refractivity contribution >= 4 is 17.2 Å². The molecule has 0 heterocycles. The molecule has 0 amide bonds. The maximum atomic E-state index is 13.4. The minimum absolute atomic E-state index is 0.00858. The van der Waals surface area contributed by atoms with Crippen LogP contribution in [0.4, 0.5) is 8.78 Å². The monoisotopic (exact) mass is 293 g/mol. The van der Waals surface area contributed by atoms with Gasteiger partial charge in [-0.05, 0) is 36.2 Å². The molecule has 0 aliphatic heterocycles. The molecule has 0 radical (unpaired) electrons. The number of thiocarbonyl (C=S) groups is 1. The minimum atomic E-state index is -0.470. The van der Waals surface area contributed by atoms with Crippen LogP contribution in [-0.2, 0) is 6.61 Å². The van der Waals surface area contributed by atoms with Crippen LogP contribution in [0.3, 0.4) is 0 Å². The first-order valence-electron chi connectivity index (χ1n) is 5.94. The molecule has 2 aromatic carbocycles. The normalized spacial score (nSPS) is 10.3. The zero-order valence-electron chi connectivity index (χ0n) is 10.8. The predicted octanol–water partition coefficient (Wildman–Crippen LogP) is 3.49. The molecular formula is C15H13F2NOS. The fourth-order valence-electron chi connectivity index (χ4n) is 1.68. The number of halogens is 2. The van der Waals surface area contributed by atoms with E-state index in [0.717, 1.165) is 0 Å². The van der Waals surface area contributed by atoms with E-state index in [1.165, 1.54) is 18.2 Å².